The maximum absolute atomic E-state index is 13.6. The minimum absolute atomic E-state index is 0.0909. The van der Waals surface area contributed by atoms with E-state index < -0.39 is 0 Å². The third-order valence-corrected chi connectivity index (χ3v) is 10.9. The monoisotopic (exact) mass is 602 g/mol. The number of hydrogen-bond donors (Lipinski definition) is 1. The molecule has 2 saturated carbocycles. The maximum atomic E-state index is 13.6. The molecule has 5 nitrogen and oxygen atoms in total. The molecule has 1 aromatic heterocycles. The van der Waals surface area contributed by atoms with Crippen molar-refractivity contribution in [3.8, 4) is 11.3 Å². The van der Waals surface area contributed by atoms with Crippen molar-refractivity contribution < 1.29 is 4.79 Å². The van der Waals surface area contributed by atoms with Gasteiger partial charge in [-0.3, -0.25) is 9.69 Å². The van der Waals surface area contributed by atoms with E-state index in [1.807, 2.05) is 39.7 Å². The number of benzene rings is 1. The van der Waals surface area contributed by atoms with Crippen molar-refractivity contribution >= 4 is 63.7 Å². The number of rotatable bonds is 9. The fourth-order valence-electron chi connectivity index (χ4n) is 6.83. The van der Waals surface area contributed by atoms with Crippen molar-refractivity contribution in [3.05, 3.63) is 51.5 Å². The highest BCUT2D eigenvalue weighted by Gasteiger charge is 2.48. The average molecular weight is 604 g/mol. The maximum Gasteiger partial charge on any atom is 0.266 e. The number of H-pyrrole nitrogens is 1. The van der Waals surface area contributed by atoms with Crippen LogP contribution in [0.4, 0.5) is 0 Å². The molecule has 2 bridgehead atoms. The van der Waals surface area contributed by atoms with E-state index in [2.05, 4.69) is 16.0 Å². The number of halogens is 2. The van der Waals surface area contributed by atoms with Crippen LogP contribution in [-0.2, 0) is 11.2 Å². The number of unbranched alkanes of at least 4 members (excludes halogenated alkanes) is 2. The summed E-state index contributed by atoms with van der Waals surface area (Å²) in [5, 5.41) is 0.725. The summed E-state index contributed by atoms with van der Waals surface area (Å²) in [6, 6.07) is 10.4. The van der Waals surface area contributed by atoms with E-state index in [-0.39, 0.29) is 5.91 Å². The molecule has 0 spiro atoms. The molecule has 9 heteroatoms. The third-order valence-electron chi connectivity index (χ3n) is 8.96. The van der Waals surface area contributed by atoms with Gasteiger partial charge in [0.2, 0.25) is 0 Å². The van der Waals surface area contributed by atoms with E-state index in [9.17, 15) is 4.79 Å². The van der Waals surface area contributed by atoms with Gasteiger partial charge in [-0.05, 0) is 104 Å². The number of carbonyl (C=O) groups is 1. The first-order valence-corrected chi connectivity index (χ1v) is 16.3. The zero-order valence-electron chi connectivity index (χ0n) is 22.2. The van der Waals surface area contributed by atoms with E-state index in [1.165, 1.54) is 49.4 Å². The Morgan fingerprint density at radius 1 is 1.05 bits per heavy atom. The van der Waals surface area contributed by atoms with Gasteiger partial charge >= 0.3 is 0 Å². The number of carbonyl (C=O) groups excluding carboxylic acids is 1. The van der Waals surface area contributed by atoms with Crippen LogP contribution in [0.5, 0.6) is 0 Å². The second-order valence-corrected chi connectivity index (χ2v) is 14.1. The number of thioether (sulfide) groups is 1. The fourth-order valence-corrected chi connectivity index (χ4v) is 8.46. The number of fused-ring (bicyclic) bond motifs is 2. The Kier molecular flexibility index (Phi) is 8.74. The van der Waals surface area contributed by atoms with Crippen LogP contribution in [0.1, 0.15) is 56.2 Å². The summed E-state index contributed by atoms with van der Waals surface area (Å²) in [6.07, 6.45) is 11.4. The minimum atomic E-state index is 0.0909. The van der Waals surface area contributed by atoms with Crippen molar-refractivity contribution in [3.63, 3.8) is 0 Å². The molecule has 3 unspecified atom stereocenters. The summed E-state index contributed by atoms with van der Waals surface area (Å²) in [6.45, 7) is 5.12. The molecule has 2 aliphatic carbocycles. The Balaban J connectivity index is 1.15. The van der Waals surface area contributed by atoms with Crippen LogP contribution in [0.15, 0.2) is 35.2 Å². The molecule has 2 aromatic rings. The number of aromatic nitrogens is 1. The summed E-state index contributed by atoms with van der Waals surface area (Å²) in [7, 11) is 0. The van der Waals surface area contributed by atoms with Gasteiger partial charge in [0, 0.05) is 48.6 Å². The number of hydrogen-bond acceptors (Lipinski definition) is 5. The second-order valence-electron chi connectivity index (χ2n) is 11.5. The highest BCUT2D eigenvalue weighted by molar-refractivity contribution is 8.26. The number of thiocarbonyl (C=S) groups is 1. The van der Waals surface area contributed by atoms with Gasteiger partial charge in [0.05, 0.1) is 4.91 Å². The third kappa shape index (κ3) is 6.29. The molecule has 0 radical (unpaired) electrons. The molecule has 1 amide bonds. The number of nitrogens with one attached hydrogen (secondary N) is 1. The van der Waals surface area contributed by atoms with Crippen LogP contribution in [0.2, 0.25) is 5.02 Å². The largest absolute Gasteiger partial charge is 0.355 e. The zero-order valence-corrected chi connectivity index (χ0v) is 25.4. The lowest BCUT2D eigenvalue weighted by Gasteiger charge is -2.30. The van der Waals surface area contributed by atoms with Gasteiger partial charge in [0.25, 0.3) is 5.91 Å². The first-order chi connectivity index (χ1) is 18.9. The van der Waals surface area contributed by atoms with Gasteiger partial charge in [-0.2, -0.15) is 0 Å². The van der Waals surface area contributed by atoms with Gasteiger partial charge in [-0.25, -0.2) is 4.42 Å². The molecule has 1 aromatic carbocycles. The van der Waals surface area contributed by atoms with Crippen LogP contribution < -0.4 is 0 Å². The molecule has 208 valence electrons. The highest BCUT2D eigenvalue weighted by atomic mass is 35.5. The van der Waals surface area contributed by atoms with Crippen LogP contribution in [0.3, 0.4) is 0 Å². The minimum Gasteiger partial charge on any atom is -0.355 e. The van der Waals surface area contributed by atoms with Crippen molar-refractivity contribution in [1.29, 1.82) is 0 Å². The molecule has 39 heavy (non-hydrogen) atoms. The molecule has 1 N–H and O–H groups in total. The molecular formula is C30H36Cl2N4OS2. The molecule has 2 saturated heterocycles. The van der Waals surface area contributed by atoms with Crippen LogP contribution in [0, 0.1) is 11.8 Å². The number of piperazine rings is 1. The van der Waals surface area contributed by atoms with Gasteiger partial charge in [0.15, 0.2) is 0 Å². The molecule has 3 atom stereocenters. The van der Waals surface area contributed by atoms with E-state index >= 15 is 0 Å². The van der Waals surface area contributed by atoms with Gasteiger partial charge in [0.1, 0.15) is 4.32 Å². The Morgan fingerprint density at radius 2 is 1.85 bits per heavy atom. The lowest BCUT2D eigenvalue weighted by atomic mass is 9.94. The van der Waals surface area contributed by atoms with Crippen molar-refractivity contribution in [2.45, 2.75) is 57.4 Å². The summed E-state index contributed by atoms with van der Waals surface area (Å²) in [4.78, 5) is 22.4. The summed E-state index contributed by atoms with van der Waals surface area (Å²) in [5.41, 5.74) is 4.41. The molecule has 4 fully saturated rings. The smallest absolute Gasteiger partial charge is 0.266 e. The summed E-state index contributed by atoms with van der Waals surface area (Å²) >= 11 is 19.4. The summed E-state index contributed by atoms with van der Waals surface area (Å²) in [5.74, 6) is 1.48. The van der Waals surface area contributed by atoms with Gasteiger partial charge in [-0.15, -0.1) is 0 Å². The van der Waals surface area contributed by atoms with Crippen molar-refractivity contribution in [1.82, 2.24) is 19.2 Å². The van der Waals surface area contributed by atoms with Crippen LogP contribution in [0.25, 0.3) is 17.3 Å². The molecule has 4 aliphatic rings. The van der Waals surface area contributed by atoms with Crippen LogP contribution >= 0.6 is 47.4 Å². The number of amides is 1. The number of aryl methyl sites for hydroxylation is 1. The summed E-state index contributed by atoms with van der Waals surface area (Å²) < 4.78 is 2.61. The normalized spacial score (nSPS) is 27.0. The van der Waals surface area contributed by atoms with E-state index in [0.717, 1.165) is 89.1 Å². The predicted octanol–water partition coefficient (Wildman–Crippen LogP) is 7.21. The topological polar surface area (TPSA) is 42.6 Å². The SMILES string of the molecule is O=C1/C(=C/c2[nH]c(-c3ccc(Cl)cc3)cc2CCCCCN2CCN(Cl)CC2)SC(=S)N1C1CC2CCC1C2. The number of aromatic amines is 1. The first kappa shape index (κ1) is 27.8. The van der Waals surface area contributed by atoms with Gasteiger partial charge < -0.3 is 9.88 Å². The Morgan fingerprint density at radius 3 is 2.56 bits per heavy atom. The molecule has 2 aliphatic heterocycles. The van der Waals surface area contributed by atoms with Gasteiger partial charge in [-0.1, -0.05) is 60.6 Å². The lowest BCUT2D eigenvalue weighted by molar-refractivity contribution is -0.124. The van der Waals surface area contributed by atoms with Crippen molar-refractivity contribution in [2.75, 3.05) is 32.7 Å². The Labute approximate surface area is 251 Å². The van der Waals surface area contributed by atoms with E-state index in [0.29, 0.717) is 12.0 Å². The molecule has 6 rings (SSSR count). The van der Waals surface area contributed by atoms with E-state index in [4.69, 9.17) is 35.6 Å². The fraction of sp³-hybridized carbons (Fsp3) is 0.533. The zero-order chi connectivity index (χ0) is 26.9. The lowest BCUT2D eigenvalue weighted by Crippen LogP contribution is -2.42. The number of nitrogens with zero attached hydrogens (tertiary/aromatic N) is 3. The standard InChI is InChI=1S/C30H36Cl2N4OS2/c31-24-9-7-21(8-10-24)25-18-22(4-2-1-3-11-34-12-14-35(32)15-13-34)26(33-25)19-28-29(37)36(30(38)39-28)27-17-20-5-6-23(27)16-20/h7-10,18-20,23,27,33H,1-6,11-17H2/b28-19-. The first-order valence-electron chi connectivity index (χ1n) is 14.3. The highest BCUT2D eigenvalue weighted by Crippen LogP contribution is 2.49. The van der Waals surface area contributed by atoms with Crippen molar-refractivity contribution in [2.24, 2.45) is 11.8 Å². The second kappa shape index (κ2) is 12.3. The Bertz CT molecular complexity index is 1240. The Hall–Kier alpha value is -1.35. The quantitative estimate of drug-likeness (QED) is 0.142. The molecular weight excluding hydrogens is 567 g/mol. The van der Waals surface area contributed by atoms with E-state index in [1.54, 1.807) is 0 Å². The average Bonchev–Trinajstić information content (AvgIpc) is 3.70. The van der Waals surface area contributed by atoms with Crippen LogP contribution in [-0.4, -0.2) is 68.2 Å². The molecule has 3 heterocycles. The predicted molar refractivity (Wildman–Crippen MR) is 167 cm³/mol.